The average Bonchev–Trinajstić information content (AvgIpc) is 2.57. The zero-order chi connectivity index (χ0) is 16.9. The highest BCUT2D eigenvalue weighted by atomic mass is 35.5. The first-order valence-corrected chi connectivity index (χ1v) is 8.68. The number of hydrogen-bond donors (Lipinski definition) is 1. The van der Waals surface area contributed by atoms with Crippen LogP contribution < -0.4 is 5.32 Å². The molecular formula is C18H23ClN4O. The van der Waals surface area contributed by atoms with Crippen LogP contribution in [0.5, 0.6) is 0 Å². The van der Waals surface area contributed by atoms with E-state index in [0.717, 1.165) is 44.2 Å². The third-order valence-corrected chi connectivity index (χ3v) is 4.26. The molecule has 1 saturated heterocycles. The van der Waals surface area contributed by atoms with Gasteiger partial charge in [0.25, 0.3) is 0 Å². The Kier molecular flexibility index (Phi) is 5.66. The van der Waals surface area contributed by atoms with Crippen molar-refractivity contribution < 1.29 is 4.74 Å². The lowest BCUT2D eigenvalue weighted by Gasteiger charge is -2.27. The molecule has 2 aromatic rings. The molecule has 6 heteroatoms. The van der Waals surface area contributed by atoms with Crippen molar-refractivity contribution in [3.63, 3.8) is 0 Å². The molecule has 0 atom stereocenters. The highest BCUT2D eigenvalue weighted by Gasteiger charge is 2.16. The number of nitrogens with one attached hydrogen (secondary N) is 1. The minimum absolute atomic E-state index is 0.337. The number of benzene rings is 1. The maximum atomic E-state index is 6.03. The number of ether oxygens (including phenoxy) is 1. The fourth-order valence-electron chi connectivity index (χ4n) is 2.80. The van der Waals surface area contributed by atoms with Crippen LogP contribution in [0.3, 0.4) is 0 Å². The second-order valence-corrected chi connectivity index (χ2v) is 6.72. The van der Waals surface area contributed by atoms with Gasteiger partial charge in [0.15, 0.2) is 0 Å². The summed E-state index contributed by atoms with van der Waals surface area (Å²) in [6.07, 6.45) is 1.94. The van der Waals surface area contributed by atoms with Gasteiger partial charge in [-0.25, -0.2) is 9.97 Å². The Balaban J connectivity index is 1.78. The lowest BCUT2D eigenvalue weighted by molar-refractivity contribution is 0.0339. The Morgan fingerprint density at radius 3 is 2.79 bits per heavy atom. The molecule has 0 bridgehead atoms. The number of nitrogens with zero attached hydrogens (tertiary/aromatic N) is 3. The van der Waals surface area contributed by atoms with Gasteiger partial charge in [0.05, 0.1) is 18.9 Å². The van der Waals surface area contributed by atoms with Crippen molar-refractivity contribution in [1.29, 1.82) is 0 Å². The summed E-state index contributed by atoms with van der Waals surface area (Å²) in [5.74, 6) is 0.940. The summed E-state index contributed by atoms with van der Waals surface area (Å²) < 4.78 is 5.42. The van der Waals surface area contributed by atoms with Crippen molar-refractivity contribution in [3.8, 4) is 0 Å². The van der Waals surface area contributed by atoms with Crippen molar-refractivity contribution in [3.05, 3.63) is 46.7 Å². The number of halogens is 1. The lowest BCUT2D eigenvalue weighted by atomic mass is 10.0. The molecule has 1 aromatic heterocycles. The summed E-state index contributed by atoms with van der Waals surface area (Å²) in [5, 5.41) is 3.92. The zero-order valence-electron chi connectivity index (χ0n) is 14.1. The number of aromatic nitrogens is 2. The minimum Gasteiger partial charge on any atom is -0.379 e. The Morgan fingerprint density at radius 1 is 1.29 bits per heavy atom. The predicted octanol–water partition coefficient (Wildman–Crippen LogP) is 3.83. The summed E-state index contributed by atoms with van der Waals surface area (Å²) in [7, 11) is 0. The van der Waals surface area contributed by atoms with Crippen molar-refractivity contribution >= 4 is 23.2 Å². The Labute approximate surface area is 148 Å². The first-order chi connectivity index (χ1) is 11.6. The van der Waals surface area contributed by atoms with Crippen LogP contribution in [0.2, 0.25) is 5.02 Å². The van der Waals surface area contributed by atoms with Gasteiger partial charge in [0, 0.05) is 42.1 Å². The van der Waals surface area contributed by atoms with E-state index in [0.29, 0.717) is 16.9 Å². The van der Waals surface area contributed by atoms with Crippen LogP contribution in [0.15, 0.2) is 30.5 Å². The van der Waals surface area contributed by atoms with Crippen LogP contribution in [0, 0.1) is 0 Å². The predicted molar refractivity (Wildman–Crippen MR) is 97.0 cm³/mol. The number of anilines is 2. The lowest BCUT2D eigenvalue weighted by Crippen LogP contribution is -2.36. The third kappa shape index (κ3) is 4.44. The Morgan fingerprint density at radius 2 is 2.08 bits per heavy atom. The first-order valence-electron chi connectivity index (χ1n) is 8.30. The van der Waals surface area contributed by atoms with Crippen molar-refractivity contribution in [2.75, 3.05) is 31.6 Å². The number of hydrogen-bond acceptors (Lipinski definition) is 5. The highest BCUT2D eigenvalue weighted by Crippen LogP contribution is 2.23. The SMILES string of the molecule is CC(C)c1nc(Nc2cccc(Cl)c2)ncc1CN1CCOCC1. The van der Waals surface area contributed by atoms with Crippen molar-refractivity contribution in [1.82, 2.24) is 14.9 Å². The fraction of sp³-hybridized carbons (Fsp3) is 0.444. The molecule has 24 heavy (non-hydrogen) atoms. The Bertz CT molecular complexity index is 686. The molecular weight excluding hydrogens is 324 g/mol. The summed E-state index contributed by atoms with van der Waals surface area (Å²) in [6, 6.07) is 7.56. The van der Waals surface area contributed by atoms with E-state index in [4.69, 9.17) is 21.3 Å². The average molecular weight is 347 g/mol. The van der Waals surface area contributed by atoms with E-state index in [-0.39, 0.29) is 0 Å². The van der Waals surface area contributed by atoms with Crippen LogP contribution in [0.4, 0.5) is 11.6 Å². The van der Waals surface area contributed by atoms with Gasteiger partial charge in [-0.15, -0.1) is 0 Å². The van der Waals surface area contributed by atoms with Crippen LogP contribution >= 0.6 is 11.6 Å². The van der Waals surface area contributed by atoms with E-state index in [9.17, 15) is 0 Å². The largest absolute Gasteiger partial charge is 0.379 e. The van der Waals surface area contributed by atoms with Gasteiger partial charge in [-0.1, -0.05) is 31.5 Å². The molecule has 3 rings (SSSR count). The van der Waals surface area contributed by atoms with E-state index in [2.05, 4.69) is 29.0 Å². The Hall–Kier alpha value is -1.69. The standard InChI is InChI=1S/C18H23ClN4O/c1-13(2)17-14(12-23-6-8-24-9-7-23)11-20-18(22-17)21-16-5-3-4-15(19)10-16/h3-5,10-11,13H,6-9,12H2,1-2H3,(H,20,21,22). The normalized spacial score (nSPS) is 15.7. The zero-order valence-corrected chi connectivity index (χ0v) is 14.9. The highest BCUT2D eigenvalue weighted by molar-refractivity contribution is 6.30. The van der Waals surface area contributed by atoms with Crippen LogP contribution in [0.1, 0.15) is 31.0 Å². The van der Waals surface area contributed by atoms with E-state index in [1.54, 1.807) is 0 Å². The monoisotopic (exact) mass is 346 g/mol. The molecule has 1 fully saturated rings. The minimum atomic E-state index is 0.337. The summed E-state index contributed by atoms with van der Waals surface area (Å²) in [6.45, 7) is 8.70. The van der Waals surface area contributed by atoms with Crippen molar-refractivity contribution in [2.45, 2.75) is 26.3 Å². The quantitative estimate of drug-likeness (QED) is 0.891. The van der Waals surface area contributed by atoms with E-state index >= 15 is 0 Å². The second kappa shape index (κ2) is 7.92. The molecule has 2 heterocycles. The molecule has 1 aliphatic heterocycles. The molecule has 128 valence electrons. The van der Waals surface area contributed by atoms with Gasteiger partial charge in [-0.2, -0.15) is 0 Å². The smallest absolute Gasteiger partial charge is 0.227 e. The number of rotatable bonds is 5. The van der Waals surface area contributed by atoms with Gasteiger partial charge in [-0.3, -0.25) is 4.90 Å². The summed E-state index contributed by atoms with van der Waals surface area (Å²) in [4.78, 5) is 11.6. The summed E-state index contributed by atoms with van der Waals surface area (Å²) >= 11 is 6.03. The molecule has 0 aliphatic carbocycles. The maximum absolute atomic E-state index is 6.03. The maximum Gasteiger partial charge on any atom is 0.227 e. The van der Waals surface area contributed by atoms with E-state index in [1.165, 1.54) is 5.56 Å². The molecule has 0 spiro atoms. The van der Waals surface area contributed by atoms with E-state index < -0.39 is 0 Å². The van der Waals surface area contributed by atoms with Gasteiger partial charge >= 0.3 is 0 Å². The topological polar surface area (TPSA) is 50.3 Å². The van der Waals surface area contributed by atoms with E-state index in [1.807, 2.05) is 30.5 Å². The van der Waals surface area contributed by atoms with Crippen LogP contribution in [0.25, 0.3) is 0 Å². The van der Waals surface area contributed by atoms with Gasteiger partial charge in [0.2, 0.25) is 5.95 Å². The molecule has 1 aliphatic rings. The molecule has 0 amide bonds. The van der Waals surface area contributed by atoms with Crippen LogP contribution in [-0.2, 0) is 11.3 Å². The fourth-order valence-corrected chi connectivity index (χ4v) is 2.99. The summed E-state index contributed by atoms with van der Waals surface area (Å²) in [5.41, 5.74) is 3.16. The molecule has 0 saturated carbocycles. The van der Waals surface area contributed by atoms with Crippen molar-refractivity contribution in [2.24, 2.45) is 0 Å². The molecule has 1 aromatic carbocycles. The second-order valence-electron chi connectivity index (χ2n) is 6.28. The van der Waals surface area contributed by atoms with Gasteiger partial charge in [0.1, 0.15) is 0 Å². The van der Waals surface area contributed by atoms with Gasteiger partial charge in [-0.05, 0) is 24.1 Å². The molecule has 0 unspecified atom stereocenters. The molecule has 0 radical (unpaired) electrons. The molecule has 5 nitrogen and oxygen atoms in total. The molecule has 1 N–H and O–H groups in total. The van der Waals surface area contributed by atoms with Gasteiger partial charge < -0.3 is 10.1 Å². The first kappa shape index (κ1) is 17.1. The number of morpholine rings is 1. The third-order valence-electron chi connectivity index (χ3n) is 4.02. The van der Waals surface area contributed by atoms with Crippen LogP contribution in [-0.4, -0.2) is 41.2 Å².